The molecular formula is C32H30N2O3. The fraction of sp³-hybridized carbons (Fsp3) is 0.188. The summed E-state index contributed by atoms with van der Waals surface area (Å²) in [6, 6.07) is 26.4. The van der Waals surface area contributed by atoms with Crippen molar-refractivity contribution in [2.75, 3.05) is 20.2 Å². The van der Waals surface area contributed by atoms with Crippen LogP contribution in [0.5, 0.6) is 5.75 Å². The third-order valence-corrected chi connectivity index (χ3v) is 6.74. The third kappa shape index (κ3) is 5.63. The SMILES string of the molecule is COC(=O)c1ccc(-c2ccc(-c3ccc(OCc4ccccc4C)cn3)cc2)cc1C1=CCNCC1. The number of rotatable bonds is 7. The van der Waals surface area contributed by atoms with Crippen molar-refractivity contribution in [3.05, 3.63) is 113 Å². The first kappa shape index (κ1) is 24.5. The first-order valence-corrected chi connectivity index (χ1v) is 12.5. The Morgan fingerprint density at radius 3 is 2.43 bits per heavy atom. The average Bonchev–Trinajstić information content (AvgIpc) is 2.97. The van der Waals surface area contributed by atoms with Gasteiger partial charge in [-0.05, 0) is 77.5 Å². The van der Waals surface area contributed by atoms with Gasteiger partial charge in [-0.15, -0.1) is 0 Å². The lowest BCUT2D eigenvalue weighted by atomic mass is 9.91. The molecule has 0 amide bonds. The first-order chi connectivity index (χ1) is 18.1. The van der Waals surface area contributed by atoms with E-state index >= 15 is 0 Å². The van der Waals surface area contributed by atoms with E-state index in [0.717, 1.165) is 53.2 Å². The minimum Gasteiger partial charge on any atom is -0.487 e. The van der Waals surface area contributed by atoms with Crippen molar-refractivity contribution >= 4 is 11.5 Å². The summed E-state index contributed by atoms with van der Waals surface area (Å²) in [4.78, 5) is 17.0. The summed E-state index contributed by atoms with van der Waals surface area (Å²) < 4.78 is 11.0. The number of methoxy groups -OCH3 is 1. The fourth-order valence-electron chi connectivity index (χ4n) is 4.55. The number of carbonyl (C=O) groups excluding carboxylic acids is 1. The lowest BCUT2D eigenvalue weighted by Crippen LogP contribution is -2.20. The highest BCUT2D eigenvalue weighted by Gasteiger charge is 2.17. The zero-order valence-corrected chi connectivity index (χ0v) is 21.2. The van der Waals surface area contributed by atoms with E-state index in [1.807, 2.05) is 36.4 Å². The Morgan fingerprint density at radius 2 is 1.73 bits per heavy atom. The average molecular weight is 491 g/mol. The van der Waals surface area contributed by atoms with Crippen molar-refractivity contribution in [2.24, 2.45) is 0 Å². The summed E-state index contributed by atoms with van der Waals surface area (Å²) in [5.74, 6) is 0.433. The molecule has 0 aliphatic carbocycles. The molecule has 0 saturated heterocycles. The number of benzene rings is 3. The van der Waals surface area contributed by atoms with Gasteiger partial charge in [-0.1, -0.05) is 60.7 Å². The predicted molar refractivity (Wildman–Crippen MR) is 147 cm³/mol. The molecule has 2 heterocycles. The van der Waals surface area contributed by atoms with Gasteiger partial charge in [-0.3, -0.25) is 4.98 Å². The summed E-state index contributed by atoms with van der Waals surface area (Å²) in [5.41, 5.74) is 9.15. The van der Waals surface area contributed by atoms with Crippen molar-refractivity contribution in [1.82, 2.24) is 10.3 Å². The first-order valence-electron chi connectivity index (χ1n) is 12.5. The normalized spacial score (nSPS) is 13.1. The molecule has 0 radical (unpaired) electrons. The van der Waals surface area contributed by atoms with Crippen molar-refractivity contribution in [1.29, 1.82) is 0 Å². The Bertz CT molecular complexity index is 1420. The number of nitrogens with zero attached hydrogens (tertiary/aromatic N) is 1. The van der Waals surface area contributed by atoms with Crippen LogP contribution in [0.2, 0.25) is 0 Å². The molecule has 0 saturated carbocycles. The second-order valence-corrected chi connectivity index (χ2v) is 9.11. The second kappa shape index (κ2) is 11.2. The Balaban J connectivity index is 1.33. The van der Waals surface area contributed by atoms with Gasteiger partial charge < -0.3 is 14.8 Å². The lowest BCUT2D eigenvalue weighted by Gasteiger charge is -2.18. The number of pyridine rings is 1. The minimum atomic E-state index is -0.311. The summed E-state index contributed by atoms with van der Waals surface area (Å²) in [5, 5.41) is 3.33. The fourth-order valence-corrected chi connectivity index (χ4v) is 4.55. The predicted octanol–water partition coefficient (Wildman–Crippen LogP) is 6.47. The molecule has 5 nitrogen and oxygen atoms in total. The number of nitrogens with one attached hydrogen (secondary N) is 1. The molecule has 5 rings (SSSR count). The highest BCUT2D eigenvalue weighted by Crippen LogP contribution is 2.31. The maximum atomic E-state index is 12.4. The quantitative estimate of drug-likeness (QED) is 0.301. The Morgan fingerprint density at radius 1 is 0.946 bits per heavy atom. The molecule has 0 spiro atoms. The van der Waals surface area contributed by atoms with Gasteiger partial charge in [-0.2, -0.15) is 0 Å². The molecule has 0 unspecified atom stereocenters. The van der Waals surface area contributed by atoms with Crippen LogP contribution in [0.4, 0.5) is 0 Å². The van der Waals surface area contributed by atoms with Crippen molar-refractivity contribution in [3.63, 3.8) is 0 Å². The van der Waals surface area contributed by atoms with Crippen LogP contribution in [-0.4, -0.2) is 31.2 Å². The molecule has 0 bridgehead atoms. The van der Waals surface area contributed by atoms with E-state index in [4.69, 9.17) is 9.47 Å². The van der Waals surface area contributed by atoms with Gasteiger partial charge in [0.05, 0.1) is 24.6 Å². The summed E-state index contributed by atoms with van der Waals surface area (Å²) in [7, 11) is 1.42. The van der Waals surface area contributed by atoms with Crippen LogP contribution in [-0.2, 0) is 11.3 Å². The van der Waals surface area contributed by atoms with Gasteiger partial charge in [0.1, 0.15) is 12.4 Å². The second-order valence-electron chi connectivity index (χ2n) is 9.11. The molecule has 3 aromatic carbocycles. The van der Waals surface area contributed by atoms with Crippen LogP contribution in [0, 0.1) is 6.92 Å². The van der Waals surface area contributed by atoms with Crippen LogP contribution < -0.4 is 10.1 Å². The molecule has 0 fully saturated rings. The van der Waals surface area contributed by atoms with Crippen molar-refractivity contribution < 1.29 is 14.3 Å². The minimum absolute atomic E-state index is 0.311. The highest BCUT2D eigenvalue weighted by atomic mass is 16.5. The number of carbonyl (C=O) groups is 1. The standard InChI is InChI=1S/C32H30N2O3/c1-22-5-3-4-6-27(22)21-37-28-12-14-31(34-20-28)25-9-7-23(8-10-25)26-11-13-29(32(35)36-2)30(19-26)24-15-17-33-18-16-24/h3-15,19-20,33H,16-18,21H2,1-2H3. The van der Waals surface area contributed by atoms with E-state index in [9.17, 15) is 4.79 Å². The number of aromatic nitrogens is 1. The summed E-state index contributed by atoms with van der Waals surface area (Å²) in [6.07, 6.45) is 4.80. The zero-order valence-electron chi connectivity index (χ0n) is 21.2. The van der Waals surface area contributed by atoms with Crippen molar-refractivity contribution in [3.8, 4) is 28.1 Å². The van der Waals surface area contributed by atoms with E-state index in [0.29, 0.717) is 12.2 Å². The van der Waals surface area contributed by atoms with E-state index in [1.165, 1.54) is 23.8 Å². The van der Waals surface area contributed by atoms with Crippen LogP contribution in [0.25, 0.3) is 28.0 Å². The van der Waals surface area contributed by atoms with E-state index in [-0.39, 0.29) is 5.97 Å². The highest BCUT2D eigenvalue weighted by molar-refractivity contribution is 5.96. The number of ether oxygens (including phenoxy) is 2. The Labute approximate surface area is 217 Å². The molecule has 4 aromatic rings. The largest absolute Gasteiger partial charge is 0.487 e. The van der Waals surface area contributed by atoms with Gasteiger partial charge in [0.15, 0.2) is 0 Å². The number of hydrogen-bond acceptors (Lipinski definition) is 5. The molecule has 186 valence electrons. The van der Waals surface area contributed by atoms with E-state index in [1.54, 1.807) is 6.20 Å². The van der Waals surface area contributed by atoms with Crippen LogP contribution in [0.3, 0.4) is 0 Å². The molecule has 5 heteroatoms. The van der Waals surface area contributed by atoms with Gasteiger partial charge in [0, 0.05) is 12.1 Å². The third-order valence-electron chi connectivity index (χ3n) is 6.74. The smallest absolute Gasteiger partial charge is 0.338 e. The maximum Gasteiger partial charge on any atom is 0.338 e. The number of esters is 1. The molecule has 1 aliphatic rings. The Hall–Kier alpha value is -4.22. The molecule has 0 atom stereocenters. The van der Waals surface area contributed by atoms with E-state index in [2.05, 4.69) is 65.8 Å². The molecular weight excluding hydrogens is 460 g/mol. The van der Waals surface area contributed by atoms with E-state index < -0.39 is 0 Å². The van der Waals surface area contributed by atoms with Gasteiger partial charge >= 0.3 is 5.97 Å². The monoisotopic (exact) mass is 490 g/mol. The van der Waals surface area contributed by atoms with Crippen LogP contribution in [0.1, 0.15) is 33.5 Å². The molecule has 1 aliphatic heterocycles. The zero-order chi connectivity index (χ0) is 25.6. The number of hydrogen-bond donors (Lipinski definition) is 1. The molecule has 1 N–H and O–H groups in total. The van der Waals surface area contributed by atoms with Crippen molar-refractivity contribution in [2.45, 2.75) is 20.0 Å². The van der Waals surface area contributed by atoms with Crippen LogP contribution >= 0.6 is 0 Å². The van der Waals surface area contributed by atoms with Gasteiger partial charge in [0.2, 0.25) is 0 Å². The summed E-state index contributed by atoms with van der Waals surface area (Å²) in [6.45, 7) is 4.31. The van der Waals surface area contributed by atoms with Gasteiger partial charge in [0.25, 0.3) is 0 Å². The Kier molecular flexibility index (Phi) is 7.43. The lowest BCUT2D eigenvalue weighted by molar-refractivity contribution is 0.0600. The topological polar surface area (TPSA) is 60.5 Å². The number of aryl methyl sites for hydroxylation is 1. The maximum absolute atomic E-state index is 12.4. The molecule has 1 aromatic heterocycles. The molecule has 37 heavy (non-hydrogen) atoms. The van der Waals surface area contributed by atoms with Crippen LogP contribution in [0.15, 0.2) is 91.1 Å². The van der Waals surface area contributed by atoms with Gasteiger partial charge in [-0.25, -0.2) is 4.79 Å². The summed E-state index contributed by atoms with van der Waals surface area (Å²) >= 11 is 0.